The Labute approximate surface area is 296 Å². The molecule has 276 valence electrons. The number of allylic oxidation sites excluding steroid dienone is 1. The Morgan fingerprint density at radius 3 is 2.49 bits per heavy atom. The van der Waals surface area contributed by atoms with Gasteiger partial charge < -0.3 is 34.9 Å². The highest BCUT2D eigenvalue weighted by atomic mass is 32.2. The number of ether oxygens (including phenoxy) is 3. The van der Waals surface area contributed by atoms with E-state index in [4.69, 9.17) is 14.2 Å². The molecular weight excluding hydrogens is 682 g/mol. The summed E-state index contributed by atoms with van der Waals surface area (Å²) in [5, 5.41) is 15.7. The fraction of sp³-hybridized carbons (Fsp3) is 0.571. The third kappa shape index (κ3) is 7.55. The molecule has 3 heterocycles. The van der Waals surface area contributed by atoms with Crippen molar-refractivity contribution in [3.8, 4) is 17.4 Å². The van der Waals surface area contributed by atoms with Gasteiger partial charge in [0.15, 0.2) is 11.5 Å². The van der Waals surface area contributed by atoms with Crippen LogP contribution < -0.4 is 29.6 Å². The number of carbonyl (C=O) groups excluding carboxylic acids is 3. The lowest BCUT2D eigenvalue weighted by molar-refractivity contribution is -0.142. The van der Waals surface area contributed by atoms with Crippen LogP contribution >= 0.6 is 0 Å². The maximum absolute atomic E-state index is 14.3. The third-order valence-electron chi connectivity index (χ3n) is 10.4. The molecule has 2 saturated carbocycles. The normalized spacial score (nSPS) is 30.5. The molecule has 6 rings (SSSR count). The molecule has 1 aromatic heterocycles. The zero-order valence-electron chi connectivity index (χ0n) is 29.1. The molecule has 0 bridgehead atoms. The summed E-state index contributed by atoms with van der Waals surface area (Å²) in [5.74, 6) is -1.66. The molecule has 1 saturated heterocycles. The van der Waals surface area contributed by atoms with E-state index >= 15 is 0 Å². The number of fused-ring (bicyclic) bond motifs is 3. The number of carboxylic acid groups (broad SMARTS) is 1. The van der Waals surface area contributed by atoms with E-state index in [0.29, 0.717) is 42.6 Å². The Kier molecular flexibility index (Phi) is 10.1. The Balaban J connectivity index is 1.34. The van der Waals surface area contributed by atoms with E-state index < -0.39 is 74.7 Å². The van der Waals surface area contributed by atoms with Gasteiger partial charge >= 0.3 is 6.09 Å². The molecular formula is C35H45N5O10S. The average Bonchev–Trinajstić information content (AvgIpc) is 4.01. The number of methoxy groups -OCH3 is 2. The van der Waals surface area contributed by atoms with E-state index in [-0.39, 0.29) is 31.2 Å². The molecule has 2 aromatic rings. The van der Waals surface area contributed by atoms with Crippen LogP contribution in [0.5, 0.6) is 17.4 Å². The minimum absolute atomic E-state index is 0.00785. The third-order valence-corrected chi connectivity index (χ3v) is 12.2. The van der Waals surface area contributed by atoms with Gasteiger partial charge in [0.25, 0.3) is 5.91 Å². The molecule has 3 fully saturated rings. The van der Waals surface area contributed by atoms with E-state index in [2.05, 4.69) is 20.3 Å². The molecule has 16 heteroatoms. The van der Waals surface area contributed by atoms with Crippen LogP contribution in [0.2, 0.25) is 0 Å². The smallest absolute Gasteiger partial charge is 0.405 e. The SMILES string of the molecule is COc1cc2ccnc(O[C@@H]3C[C@H]4C(=O)N[C@]5(C(=O)NS(=O)(=O)C6CC6)C[C@H]5/C=C\CC[C@H](C)C[C@@H](C)[C@H](NC(=O)O)C(=O)N4C3)c2cc1OC. The molecule has 0 spiro atoms. The topological polar surface area (TPSA) is 203 Å². The minimum Gasteiger partial charge on any atom is -0.493 e. The van der Waals surface area contributed by atoms with Gasteiger partial charge in [-0.05, 0) is 73.9 Å². The van der Waals surface area contributed by atoms with Crippen LogP contribution in [-0.2, 0) is 24.4 Å². The number of carbonyl (C=O) groups is 4. The Morgan fingerprint density at radius 1 is 1.08 bits per heavy atom. The lowest BCUT2D eigenvalue weighted by Gasteiger charge is -2.32. The number of nitrogens with one attached hydrogen (secondary N) is 3. The second-order valence-corrected chi connectivity index (χ2v) is 16.2. The fourth-order valence-electron chi connectivity index (χ4n) is 7.36. The number of amides is 4. The lowest BCUT2D eigenvalue weighted by atomic mass is 9.88. The molecule has 2 aliphatic heterocycles. The molecule has 4 aliphatic rings. The Bertz CT molecular complexity index is 1850. The summed E-state index contributed by atoms with van der Waals surface area (Å²) < 4.78 is 45.1. The van der Waals surface area contributed by atoms with Gasteiger partial charge in [0.1, 0.15) is 23.7 Å². The minimum atomic E-state index is -3.91. The van der Waals surface area contributed by atoms with Gasteiger partial charge in [0.2, 0.25) is 27.7 Å². The van der Waals surface area contributed by atoms with Crippen molar-refractivity contribution in [1.82, 2.24) is 25.2 Å². The Morgan fingerprint density at radius 2 is 1.80 bits per heavy atom. The number of benzene rings is 1. The largest absolute Gasteiger partial charge is 0.493 e. The molecule has 4 N–H and O–H groups in total. The second-order valence-electron chi connectivity index (χ2n) is 14.2. The maximum Gasteiger partial charge on any atom is 0.405 e. The highest BCUT2D eigenvalue weighted by molar-refractivity contribution is 7.91. The first-order chi connectivity index (χ1) is 24.3. The van der Waals surface area contributed by atoms with Crippen LogP contribution in [0, 0.1) is 17.8 Å². The van der Waals surface area contributed by atoms with Crippen molar-refractivity contribution in [2.24, 2.45) is 17.8 Å². The number of rotatable bonds is 8. The molecule has 7 atom stereocenters. The number of pyridine rings is 1. The number of nitrogens with zero attached hydrogens (tertiary/aromatic N) is 2. The van der Waals surface area contributed by atoms with E-state index in [1.807, 2.05) is 19.1 Å². The summed E-state index contributed by atoms with van der Waals surface area (Å²) in [5.41, 5.74) is -1.53. The highest BCUT2D eigenvalue weighted by Crippen LogP contribution is 2.46. The second kappa shape index (κ2) is 14.2. The van der Waals surface area contributed by atoms with Crippen molar-refractivity contribution < 1.29 is 46.9 Å². The lowest BCUT2D eigenvalue weighted by Crippen LogP contribution is -2.59. The van der Waals surface area contributed by atoms with Crippen molar-refractivity contribution >= 4 is 44.6 Å². The van der Waals surface area contributed by atoms with Gasteiger partial charge in [-0.3, -0.25) is 19.1 Å². The summed E-state index contributed by atoms with van der Waals surface area (Å²) in [6.45, 7) is 3.75. The van der Waals surface area contributed by atoms with Crippen molar-refractivity contribution in [2.45, 2.75) is 87.8 Å². The van der Waals surface area contributed by atoms with Gasteiger partial charge in [0.05, 0.1) is 26.0 Å². The van der Waals surface area contributed by atoms with Crippen LogP contribution in [0.1, 0.15) is 58.8 Å². The Hall–Kier alpha value is -4.60. The average molecular weight is 728 g/mol. The van der Waals surface area contributed by atoms with Crippen molar-refractivity contribution in [2.75, 3.05) is 20.8 Å². The molecule has 4 amide bonds. The van der Waals surface area contributed by atoms with Crippen LogP contribution in [0.3, 0.4) is 0 Å². The van der Waals surface area contributed by atoms with Crippen LogP contribution in [0.4, 0.5) is 4.79 Å². The highest BCUT2D eigenvalue weighted by Gasteiger charge is 2.62. The monoisotopic (exact) mass is 727 g/mol. The maximum atomic E-state index is 14.3. The fourth-order valence-corrected chi connectivity index (χ4v) is 8.72. The first-order valence-electron chi connectivity index (χ1n) is 17.3. The first-order valence-corrected chi connectivity index (χ1v) is 18.8. The molecule has 1 aromatic carbocycles. The van der Waals surface area contributed by atoms with E-state index in [1.54, 1.807) is 31.3 Å². The summed E-state index contributed by atoms with van der Waals surface area (Å²) in [6, 6.07) is 2.93. The van der Waals surface area contributed by atoms with Gasteiger partial charge in [0, 0.05) is 23.9 Å². The van der Waals surface area contributed by atoms with E-state index in [0.717, 1.165) is 11.8 Å². The summed E-state index contributed by atoms with van der Waals surface area (Å²) in [6.07, 6.45) is 6.20. The van der Waals surface area contributed by atoms with E-state index in [9.17, 15) is 32.7 Å². The number of hydrogen-bond donors (Lipinski definition) is 4. The van der Waals surface area contributed by atoms with Crippen molar-refractivity contribution in [3.63, 3.8) is 0 Å². The number of hydrogen-bond acceptors (Lipinski definition) is 10. The molecule has 0 radical (unpaired) electrons. The molecule has 51 heavy (non-hydrogen) atoms. The summed E-state index contributed by atoms with van der Waals surface area (Å²) in [4.78, 5) is 60.0. The standard InChI is InChI=1S/C35H45N5O10S/c1-19-7-5-6-8-22-17-35(22,33(43)39-51(46,47)24-9-10-24)38-30(41)26-15-23(18-40(26)32(42)29(20(2)13-19)37-34(44)45)50-31-25-16-28(49-4)27(48-3)14-21(25)11-12-36-31/h6,8,11-12,14,16,19-20,22-24,26,29,37H,5,7,9-10,13,15,17-18H2,1-4H3,(H,38,41)(H,39,43)(H,44,45)/b8-6-/t19-,20+,22+,23+,26-,29-,35+/m0/s1. The predicted molar refractivity (Wildman–Crippen MR) is 185 cm³/mol. The van der Waals surface area contributed by atoms with Crippen LogP contribution in [0.25, 0.3) is 10.8 Å². The zero-order chi connectivity index (χ0) is 36.7. The molecule has 2 aliphatic carbocycles. The quantitative estimate of drug-likeness (QED) is 0.291. The molecule has 15 nitrogen and oxygen atoms in total. The van der Waals surface area contributed by atoms with Gasteiger partial charge in [-0.2, -0.15) is 0 Å². The van der Waals surface area contributed by atoms with Gasteiger partial charge in [-0.1, -0.05) is 26.0 Å². The predicted octanol–water partition coefficient (Wildman–Crippen LogP) is 2.73. The van der Waals surface area contributed by atoms with Gasteiger partial charge in [-0.15, -0.1) is 0 Å². The number of aromatic nitrogens is 1. The van der Waals surface area contributed by atoms with Crippen molar-refractivity contribution in [1.29, 1.82) is 0 Å². The van der Waals surface area contributed by atoms with Crippen LogP contribution in [-0.4, -0.2) is 97.0 Å². The summed E-state index contributed by atoms with van der Waals surface area (Å²) in [7, 11) is -0.877. The van der Waals surface area contributed by atoms with Gasteiger partial charge in [-0.25, -0.2) is 18.2 Å². The summed E-state index contributed by atoms with van der Waals surface area (Å²) >= 11 is 0. The van der Waals surface area contributed by atoms with Crippen molar-refractivity contribution in [3.05, 3.63) is 36.5 Å². The molecule has 0 unspecified atom stereocenters. The van der Waals surface area contributed by atoms with Crippen LogP contribution in [0.15, 0.2) is 36.5 Å². The first kappa shape index (κ1) is 36.2. The van der Waals surface area contributed by atoms with E-state index in [1.165, 1.54) is 19.1 Å². The zero-order valence-corrected chi connectivity index (χ0v) is 29.9. The number of sulfonamides is 1.